The summed E-state index contributed by atoms with van der Waals surface area (Å²) in [7, 11) is 1.62. The standard InChI is InChI=1S/C26H22ClFN2O2/c1-32-17-11-9-15(10-12-17)26-25-22(29-20-7-2-3-8-21(20)30-26)13-16(14-23(25)31)24-18(27)5-4-6-19(24)28/h2-12,16,26,29-30H,13-14H2,1H3/t16-,26+/m0/s1. The van der Waals surface area contributed by atoms with E-state index < -0.39 is 0 Å². The van der Waals surface area contributed by atoms with E-state index in [-0.39, 0.29) is 30.0 Å². The molecule has 0 amide bonds. The van der Waals surface area contributed by atoms with Gasteiger partial charge in [-0.15, -0.1) is 0 Å². The Morgan fingerprint density at radius 2 is 1.72 bits per heavy atom. The number of carbonyl (C=O) groups is 1. The van der Waals surface area contributed by atoms with Crippen molar-refractivity contribution in [3.8, 4) is 5.75 Å². The van der Waals surface area contributed by atoms with E-state index >= 15 is 0 Å². The number of carbonyl (C=O) groups excluding carboxylic acids is 1. The molecular formula is C26H22ClFN2O2. The van der Waals surface area contributed by atoms with Crippen LogP contribution in [0.1, 0.15) is 35.9 Å². The summed E-state index contributed by atoms with van der Waals surface area (Å²) in [5, 5.41) is 7.35. The summed E-state index contributed by atoms with van der Waals surface area (Å²) in [5.41, 5.74) is 4.61. The molecule has 0 unspecified atom stereocenters. The number of ketones is 1. The summed E-state index contributed by atoms with van der Waals surface area (Å²) in [6, 6.07) is 19.8. The predicted molar refractivity (Wildman–Crippen MR) is 125 cm³/mol. The highest BCUT2D eigenvalue weighted by Crippen LogP contribution is 2.45. The van der Waals surface area contributed by atoms with Gasteiger partial charge in [0.15, 0.2) is 5.78 Å². The van der Waals surface area contributed by atoms with Gasteiger partial charge in [0.2, 0.25) is 0 Å². The average Bonchev–Trinajstić information content (AvgIpc) is 2.96. The molecule has 162 valence electrons. The van der Waals surface area contributed by atoms with Gasteiger partial charge in [-0.25, -0.2) is 4.39 Å². The Morgan fingerprint density at radius 1 is 0.969 bits per heavy atom. The largest absolute Gasteiger partial charge is 0.497 e. The molecule has 3 aromatic carbocycles. The van der Waals surface area contributed by atoms with Gasteiger partial charge in [-0.05, 0) is 48.4 Å². The minimum absolute atomic E-state index is 0.0239. The monoisotopic (exact) mass is 448 g/mol. The fourth-order valence-electron chi connectivity index (χ4n) is 4.64. The van der Waals surface area contributed by atoms with Crippen LogP contribution in [0.25, 0.3) is 0 Å². The van der Waals surface area contributed by atoms with Gasteiger partial charge in [0, 0.05) is 34.2 Å². The quantitative estimate of drug-likeness (QED) is 0.482. The fourth-order valence-corrected chi connectivity index (χ4v) is 4.96. The topological polar surface area (TPSA) is 50.4 Å². The molecule has 0 radical (unpaired) electrons. The molecule has 0 aromatic heterocycles. The minimum Gasteiger partial charge on any atom is -0.497 e. The number of fused-ring (bicyclic) bond motifs is 1. The van der Waals surface area contributed by atoms with E-state index in [0.717, 1.165) is 28.4 Å². The number of hydrogen-bond donors (Lipinski definition) is 2. The zero-order valence-corrected chi connectivity index (χ0v) is 18.2. The molecule has 1 aliphatic heterocycles. The number of anilines is 2. The smallest absolute Gasteiger partial charge is 0.163 e. The van der Waals surface area contributed by atoms with E-state index in [0.29, 0.717) is 22.6 Å². The van der Waals surface area contributed by atoms with Gasteiger partial charge in [-0.2, -0.15) is 0 Å². The molecule has 2 aliphatic rings. The lowest BCUT2D eigenvalue weighted by Crippen LogP contribution is -2.27. The number of Topliss-reactive ketones (excluding diaryl/α,β-unsaturated/α-hetero) is 1. The third-order valence-corrected chi connectivity index (χ3v) is 6.50. The average molecular weight is 449 g/mol. The Bertz CT molecular complexity index is 1200. The predicted octanol–water partition coefficient (Wildman–Crippen LogP) is 6.47. The van der Waals surface area contributed by atoms with E-state index in [2.05, 4.69) is 10.6 Å². The fraction of sp³-hybridized carbons (Fsp3) is 0.192. The van der Waals surface area contributed by atoms with Crippen molar-refractivity contribution in [1.29, 1.82) is 0 Å². The first-order valence-electron chi connectivity index (χ1n) is 10.5. The number of halogens is 2. The maximum absolute atomic E-state index is 14.7. The SMILES string of the molecule is COc1ccc([C@H]2Nc3ccccc3NC3=C2C(=O)C[C@@H](c2c(F)cccc2Cl)C3)cc1. The van der Waals surface area contributed by atoms with Gasteiger partial charge in [0.1, 0.15) is 11.6 Å². The lowest BCUT2D eigenvalue weighted by molar-refractivity contribution is -0.116. The number of hydrogen-bond acceptors (Lipinski definition) is 4. The van der Waals surface area contributed by atoms with Crippen molar-refractivity contribution in [2.75, 3.05) is 17.7 Å². The van der Waals surface area contributed by atoms with Crippen molar-refractivity contribution in [1.82, 2.24) is 0 Å². The van der Waals surface area contributed by atoms with Crippen molar-refractivity contribution in [3.05, 3.63) is 100.0 Å². The Morgan fingerprint density at radius 3 is 2.44 bits per heavy atom. The van der Waals surface area contributed by atoms with Crippen LogP contribution in [0.2, 0.25) is 5.02 Å². The lowest BCUT2D eigenvalue weighted by Gasteiger charge is -2.30. The maximum atomic E-state index is 14.7. The molecule has 0 saturated carbocycles. The second-order valence-corrected chi connectivity index (χ2v) is 8.48. The number of para-hydroxylation sites is 2. The van der Waals surface area contributed by atoms with E-state index in [1.54, 1.807) is 19.2 Å². The lowest BCUT2D eigenvalue weighted by atomic mass is 9.78. The second kappa shape index (κ2) is 8.32. The highest BCUT2D eigenvalue weighted by atomic mass is 35.5. The van der Waals surface area contributed by atoms with Crippen LogP contribution in [0, 0.1) is 5.82 Å². The van der Waals surface area contributed by atoms with Gasteiger partial charge in [0.25, 0.3) is 0 Å². The van der Waals surface area contributed by atoms with Crippen LogP contribution in [0.4, 0.5) is 15.8 Å². The van der Waals surface area contributed by atoms with E-state index in [1.165, 1.54) is 6.07 Å². The Hall–Kier alpha value is -3.31. The molecule has 2 atom stereocenters. The first-order valence-corrected chi connectivity index (χ1v) is 10.9. The first kappa shape index (κ1) is 20.6. The van der Waals surface area contributed by atoms with Crippen molar-refractivity contribution in [2.45, 2.75) is 24.8 Å². The zero-order valence-electron chi connectivity index (χ0n) is 17.5. The van der Waals surface area contributed by atoms with Gasteiger partial charge >= 0.3 is 0 Å². The first-order chi connectivity index (χ1) is 15.5. The molecule has 3 aromatic rings. The van der Waals surface area contributed by atoms with Gasteiger partial charge < -0.3 is 15.4 Å². The second-order valence-electron chi connectivity index (χ2n) is 8.08. The summed E-state index contributed by atoms with van der Waals surface area (Å²) >= 11 is 6.34. The van der Waals surface area contributed by atoms with Crippen LogP contribution in [-0.2, 0) is 4.79 Å². The normalized spacial score (nSPS) is 19.9. The van der Waals surface area contributed by atoms with Crippen LogP contribution in [0.3, 0.4) is 0 Å². The van der Waals surface area contributed by atoms with Gasteiger partial charge in [0.05, 0.1) is 24.5 Å². The molecule has 1 heterocycles. The highest BCUT2D eigenvalue weighted by molar-refractivity contribution is 6.31. The molecule has 0 bridgehead atoms. The van der Waals surface area contributed by atoms with E-state index in [1.807, 2.05) is 48.5 Å². The number of methoxy groups -OCH3 is 1. The molecule has 6 heteroatoms. The number of rotatable bonds is 3. The Kier molecular flexibility index (Phi) is 5.35. The third kappa shape index (κ3) is 3.63. The number of allylic oxidation sites excluding steroid dienone is 1. The number of nitrogens with one attached hydrogen (secondary N) is 2. The van der Waals surface area contributed by atoms with Gasteiger partial charge in [-0.3, -0.25) is 4.79 Å². The maximum Gasteiger partial charge on any atom is 0.163 e. The number of benzene rings is 3. The van der Waals surface area contributed by atoms with Crippen molar-refractivity contribution >= 4 is 28.8 Å². The van der Waals surface area contributed by atoms with Crippen LogP contribution in [0.5, 0.6) is 5.75 Å². The molecule has 2 N–H and O–H groups in total. The summed E-state index contributed by atoms with van der Waals surface area (Å²) in [6.07, 6.45) is 0.691. The highest BCUT2D eigenvalue weighted by Gasteiger charge is 2.37. The van der Waals surface area contributed by atoms with Crippen molar-refractivity contribution < 1.29 is 13.9 Å². The summed E-state index contributed by atoms with van der Waals surface area (Å²) in [6.45, 7) is 0. The molecule has 4 nitrogen and oxygen atoms in total. The van der Waals surface area contributed by atoms with Crippen LogP contribution < -0.4 is 15.4 Å². The third-order valence-electron chi connectivity index (χ3n) is 6.17. The molecular weight excluding hydrogens is 427 g/mol. The summed E-state index contributed by atoms with van der Waals surface area (Å²) in [4.78, 5) is 13.5. The molecule has 32 heavy (non-hydrogen) atoms. The van der Waals surface area contributed by atoms with Crippen LogP contribution in [-0.4, -0.2) is 12.9 Å². The summed E-state index contributed by atoms with van der Waals surface area (Å²) in [5.74, 6) is 0.0194. The molecule has 0 spiro atoms. The van der Waals surface area contributed by atoms with Crippen molar-refractivity contribution in [3.63, 3.8) is 0 Å². The van der Waals surface area contributed by atoms with Crippen LogP contribution in [0.15, 0.2) is 78.0 Å². The van der Waals surface area contributed by atoms with Gasteiger partial charge in [-0.1, -0.05) is 41.9 Å². The molecule has 0 fully saturated rings. The number of ether oxygens (including phenoxy) is 1. The Balaban J connectivity index is 1.61. The molecule has 0 saturated heterocycles. The van der Waals surface area contributed by atoms with E-state index in [4.69, 9.17) is 16.3 Å². The molecule has 1 aliphatic carbocycles. The summed E-state index contributed by atoms with van der Waals surface area (Å²) < 4.78 is 20.0. The Labute approximate surface area is 191 Å². The minimum atomic E-state index is -0.377. The molecule has 5 rings (SSSR count). The van der Waals surface area contributed by atoms with E-state index in [9.17, 15) is 9.18 Å². The van der Waals surface area contributed by atoms with Crippen molar-refractivity contribution in [2.24, 2.45) is 0 Å². The van der Waals surface area contributed by atoms with Crippen LogP contribution >= 0.6 is 11.6 Å². The zero-order chi connectivity index (χ0) is 22.2.